The highest BCUT2D eigenvalue weighted by atomic mass is 16.5. The number of rotatable bonds is 5. The summed E-state index contributed by atoms with van der Waals surface area (Å²) in [4.78, 5) is 12.3. The van der Waals surface area contributed by atoms with Gasteiger partial charge in [0.25, 0.3) is 0 Å². The molecule has 1 aliphatic heterocycles. The van der Waals surface area contributed by atoms with Crippen LogP contribution in [-0.4, -0.2) is 43.7 Å². The predicted molar refractivity (Wildman–Crippen MR) is 89.8 cm³/mol. The Bertz CT molecular complexity index is 500. The van der Waals surface area contributed by atoms with E-state index in [1.807, 2.05) is 6.07 Å². The van der Waals surface area contributed by atoms with Crippen LogP contribution in [-0.2, 0) is 16.0 Å². The minimum Gasteiger partial charge on any atom is -0.462 e. The molecule has 22 heavy (non-hydrogen) atoms. The van der Waals surface area contributed by atoms with Gasteiger partial charge in [-0.2, -0.15) is 0 Å². The Kier molecular flexibility index (Phi) is 5.63. The van der Waals surface area contributed by atoms with Crippen molar-refractivity contribution >= 4 is 5.97 Å². The third kappa shape index (κ3) is 4.57. The van der Waals surface area contributed by atoms with Crippen molar-refractivity contribution in [2.75, 3.05) is 27.2 Å². The lowest BCUT2D eigenvalue weighted by molar-refractivity contribution is -0.896. The first kappa shape index (κ1) is 17.0. The highest BCUT2D eigenvalue weighted by Crippen LogP contribution is 2.24. The molecule has 1 aliphatic rings. The summed E-state index contributed by atoms with van der Waals surface area (Å²) in [5, 5.41) is 0. The van der Waals surface area contributed by atoms with Gasteiger partial charge in [0.1, 0.15) is 6.10 Å². The number of esters is 1. The van der Waals surface area contributed by atoms with E-state index in [-0.39, 0.29) is 12.1 Å². The average molecular weight is 304 g/mol. The fourth-order valence-electron chi connectivity index (χ4n) is 3.14. The highest BCUT2D eigenvalue weighted by Gasteiger charge is 2.28. The SMILES string of the molecule is CCC(C)c1ccccc1CC(=O)OC1CC[N+](C)(C)CC1. The molecular weight excluding hydrogens is 274 g/mol. The first-order chi connectivity index (χ1) is 10.4. The summed E-state index contributed by atoms with van der Waals surface area (Å²) in [6.45, 7) is 6.57. The standard InChI is InChI=1S/C19H30NO2/c1-5-15(2)18-9-7-6-8-16(18)14-19(21)22-17-10-12-20(3,4)13-11-17/h6-9,15,17H,5,10-14H2,1-4H3/q+1. The highest BCUT2D eigenvalue weighted by molar-refractivity contribution is 5.73. The zero-order valence-electron chi connectivity index (χ0n) is 14.5. The molecule has 0 N–H and O–H groups in total. The largest absolute Gasteiger partial charge is 0.462 e. The van der Waals surface area contributed by atoms with Crippen molar-refractivity contribution in [3.63, 3.8) is 0 Å². The van der Waals surface area contributed by atoms with Crippen molar-refractivity contribution in [1.29, 1.82) is 0 Å². The van der Waals surface area contributed by atoms with Crippen molar-refractivity contribution in [2.24, 2.45) is 0 Å². The molecule has 1 atom stereocenters. The van der Waals surface area contributed by atoms with E-state index in [4.69, 9.17) is 4.74 Å². The van der Waals surface area contributed by atoms with Crippen LogP contribution in [0.2, 0.25) is 0 Å². The topological polar surface area (TPSA) is 26.3 Å². The van der Waals surface area contributed by atoms with Gasteiger partial charge in [-0.15, -0.1) is 0 Å². The number of benzene rings is 1. The molecule has 122 valence electrons. The molecule has 0 amide bonds. The van der Waals surface area contributed by atoms with Crippen molar-refractivity contribution in [1.82, 2.24) is 0 Å². The third-order valence-electron chi connectivity index (χ3n) is 4.94. The normalized spacial score (nSPS) is 19.6. The van der Waals surface area contributed by atoms with Crippen LogP contribution >= 0.6 is 0 Å². The predicted octanol–water partition coefficient (Wildman–Crippen LogP) is 3.52. The summed E-state index contributed by atoms with van der Waals surface area (Å²) >= 11 is 0. The van der Waals surface area contributed by atoms with Gasteiger partial charge in [0.15, 0.2) is 0 Å². The maximum atomic E-state index is 12.3. The summed E-state index contributed by atoms with van der Waals surface area (Å²) in [6.07, 6.45) is 3.54. The fourth-order valence-corrected chi connectivity index (χ4v) is 3.14. The van der Waals surface area contributed by atoms with Gasteiger partial charge in [0, 0.05) is 12.8 Å². The number of piperidine rings is 1. The molecule has 1 aromatic carbocycles. The maximum absolute atomic E-state index is 12.3. The van der Waals surface area contributed by atoms with Gasteiger partial charge in [0.05, 0.1) is 33.6 Å². The van der Waals surface area contributed by atoms with E-state index in [9.17, 15) is 4.79 Å². The fraction of sp³-hybridized carbons (Fsp3) is 0.632. The molecule has 3 heteroatoms. The van der Waals surface area contributed by atoms with E-state index in [0.717, 1.165) is 42.4 Å². The molecule has 0 aromatic heterocycles. The Morgan fingerprint density at radius 1 is 1.27 bits per heavy atom. The minimum atomic E-state index is -0.0760. The second-order valence-electron chi connectivity index (χ2n) is 7.26. The number of ether oxygens (including phenoxy) is 1. The van der Waals surface area contributed by atoms with Gasteiger partial charge >= 0.3 is 5.97 Å². The Labute approximate surface area is 134 Å². The second kappa shape index (κ2) is 7.28. The van der Waals surface area contributed by atoms with Crippen molar-refractivity contribution < 1.29 is 14.0 Å². The number of hydrogen-bond acceptors (Lipinski definition) is 2. The molecule has 0 aliphatic carbocycles. The van der Waals surface area contributed by atoms with E-state index in [1.165, 1.54) is 5.56 Å². The van der Waals surface area contributed by atoms with E-state index in [0.29, 0.717) is 12.3 Å². The monoisotopic (exact) mass is 304 g/mol. The van der Waals surface area contributed by atoms with Crippen LogP contribution in [0.3, 0.4) is 0 Å². The van der Waals surface area contributed by atoms with Crippen LogP contribution in [0, 0.1) is 0 Å². The number of likely N-dealkylation sites (tertiary alicyclic amines) is 1. The Hall–Kier alpha value is -1.35. The molecule has 1 fully saturated rings. The molecule has 1 unspecified atom stereocenters. The van der Waals surface area contributed by atoms with Gasteiger partial charge in [-0.25, -0.2) is 0 Å². The van der Waals surface area contributed by atoms with Crippen molar-refractivity contribution in [3.05, 3.63) is 35.4 Å². The molecule has 1 saturated heterocycles. The lowest BCUT2D eigenvalue weighted by Crippen LogP contribution is -2.48. The lowest BCUT2D eigenvalue weighted by Gasteiger charge is -2.36. The molecule has 3 nitrogen and oxygen atoms in total. The number of hydrogen-bond donors (Lipinski definition) is 0. The Morgan fingerprint density at radius 2 is 1.91 bits per heavy atom. The third-order valence-corrected chi connectivity index (χ3v) is 4.94. The van der Waals surface area contributed by atoms with E-state index >= 15 is 0 Å². The number of quaternary nitrogens is 1. The quantitative estimate of drug-likeness (QED) is 0.614. The van der Waals surface area contributed by atoms with E-state index < -0.39 is 0 Å². The molecule has 1 heterocycles. The average Bonchev–Trinajstić information content (AvgIpc) is 2.49. The smallest absolute Gasteiger partial charge is 0.310 e. The molecule has 1 aromatic rings. The van der Waals surface area contributed by atoms with Crippen LogP contribution in [0.5, 0.6) is 0 Å². The molecular formula is C19H30NO2+. The van der Waals surface area contributed by atoms with Gasteiger partial charge < -0.3 is 9.22 Å². The lowest BCUT2D eigenvalue weighted by atomic mass is 9.92. The first-order valence-electron chi connectivity index (χ1n) is 8.50. The zero-order chi connectivity index (χ0) is 16.2. The first-order valence-corrected chi connectivity index (χ1v) is 8.50. The Balaban J connectivity index is 1.93. The summed E-state index contributed by atoms with van der Waals surface area (Å²) < 4.78 is 6.74. The van der Waals surface area contributed by atoms with Gasteiger partial charge in [-0.05, 0) is 23.5 Å². The van der Waals surface area contributed by atoms with Crippen LogP contribution < -0.4 is 0 Å². The molecule has 0 saturated carbocycles. The van der Waals surface area contributed by atoms with Gasteiger partial charge in [-0.1, -0.05) is 38.1 Å². The van der Waals surface area contributed by atoms with Crippen LogP contribution in [0.4, 0.5) is 0 Å². The molecule has 0 bridgehead atoms. The van der Waals surface area contributed by atoms with Gasteiger partial charge in [-0.3, -0.25) is 4.79 Å². The summed E-state index contributed by atoms with van der Waals surface area (Å²) in [7, 11) is 4.47. The minimum absolute atomic E-state index is 0.0760. The number of carbonyl (C=O) groups excluding carboxylic acids is 1. The Morgan fingerprint density at radius 3 is 2.55 bits per heavy atom. The zero-order valence-corrected chi connectivity index (χ0v) is 14.5. The number of carbonyl (C=O) groups is 1. The van der Waals surface area contributed by atoms with E-state index in [1.54, 1.807) is 0 Å². The number of nitrogens with zero attached hydrogens (tertiary/aromatic N) is 1. The maximum Gasteiger partial charge on any atom is 0.310 e. The summed E-state index contributed by atoms with van der Waals surface area (Å²) in [5.41, 5.74) is 2.40. The second-order valence-corrected chi connectivity index (χ2v) is 7.26. The summed E-state index contributed by atoms with van der Waals surface area (Å²) in [5.74, 6) is 0.407. The van der Waals surface area contributed by atoms with Crippen LogP contribution in [0.15, 0.2) is 24.3 Å². The van der Waals surface area contributed by atoms with E-state index in [2.05, 4.69) is 46.1 Å². The molecule has 0 spiro atoms. The molecule has 2 rings (SSSR count). The molecule has 0 radical (unpaired) electrons. The van der Waals surface area contributed by atoms with Crippen LogP contribution in [0.25, 0.3) is 0 Å². The van der Waals surface area contributed by atoms with Gasteiger partial charge in [0.2, 0.25) is 0 Å². The van der Waals surface area contributed by atoms with Crippen molar-refractivity contribution in [3.8, 4) is 0 Å². The van der Waals surface area contributed by atoms with Crippen molar-refractivity contribution in [2.45, 2.75) is 51.6 Å². The van der Waals surface area contributed by atoms with Crippen LogP contribution in [0.1, 0.15) is 50.2 Å². The summed E-state index contributed by atoms with van der Waals surface area (Å²) in [6, 6.07) is 8.26.